The van der Waals surface area contributed by atoms with E-state index < -0.39 is 10.4 Å². The Hall–Kier alpha value is 0.570. The zero-order chi connectivity index (χ0) is 8.74. The molecule has 5 nitrogen and oxygen atoms in total. The first-order valence-corrected chi connectivity index (χ1v) is 4.27. The molecule has 0 bridgehead atoms. The molecule has 0 amide bonds. The summed E-state index contributed by atoms with van der Waals surface area (Å²) in [6.45, 7) is 4.85. The molecule has 0 heterocycles. The Labute approximate surface area is 94.2 Å². The topological polar surface area (TPSA) is 61.8 Å². The third-order valence-electron chi connectivity index (χ3n) is 0.580. The summed E-state index contributed by atoms with van der Waals surface area (Å²) in [5, 5.41) is 0. The van der Waals surface area contributed by atoms with Crippen molar-refractivity contribution in [2.45, 2.75) is 6.92 Å². The SMILES string of the molecule is C=CCOS(=O)(=O)OOCC.[NaH]. The van der Waals surface area contributed by atoms with Crippen LogP contribution in [-0.4, -0.2) is 51.2 Å². The molecule has 0 rings (SSSR count). The van der Waals surface area contributed by atoms with Gasteiger partial charge in [-0.1, -0.05) is 10.4 Å². The van der Waals surface area contributed by atoms with Crippen LogP contribution in [0.15, 0.2) is 12.7 Å². The molecule has 0 aliphatic heterocycles. The molecular weight excluding hydrogens is 195 g/mol. The van der Waals surface area contributed by atoms with Gasteiger partial charge in [0.05, 0.1) is 13.2 Å². The van der Waals surface area contributed by atoms with Gasteiger partial charge in [0.2, 0.25) is 0 Å². The number of rotatable bonds is 6. The minimum absolute atomic E-state index is 0. The van der Waals surface area contributed by atoms with E-state index in [9.17, 15) is 8.42 Å². The van der Waals surface area contributed by atoms with E-state index >= 15 is 0 Å². The average Bonchev–Trinajstić information content (AvgIpc) is 1.97. The van der Waals surface area contributed by atoms with E-state index in [2.05, 4.69) is 20.0 Å². The van der Waals surface area contributed by atoms with E-state index in [4.69, 9.17) is 0 Å². The Balaban J connectivity index is 0. The van der Waals surface area contributed by atoms with E-state index in [1.165, 1.54) is 6.08 Å². The zero-order valence-electron chi connectivity index (χ0n) is 6.15. The van der Waals surface area contributed by atoms with Crippen molar-refractivity contribution in [1.82, 2.24) is 0 Å². The molecular formula is C5H11NaO5S. The second-order valence-corrected chi connectivity index (χ2v) is 2.64. The summed E-state index contributed by atoms with van der Waals surface area (Å²) in [6, 6.07) is 0. The fraction of sp³-hybridized carbons (Fsp3) is 0.600. The maximum atomic E-state index is 10.5. The van der Waals surface area contributed by atoms with E-state index in [1.54, 1.807) is 6.92 Å². The Morgan fingerprint density at radius 1 is 1.50 bits per heavy atom. The molecule has 0 aliphatic rings. The number of hydrogen-bond acceptors (Lipinski definition) is 5. The predicted molar refractivity (Wildman–Crippen MR) is 44.9 cm³/mol. The van der Waals surface area contributed by atoms with Gasteiger partial charge in [-0.2, -0.15) is 8.42 Å². The van der Waals surface area contributed by atoms with Crippen LogP contribution >= 0.6 is 0 Å². The molecule has 0 saturated carbocycles. The van der Waals surface area contributed by atoms with Gasteiger partial charge in [0.25, 0.3) is 0 Å². The fourth-order valence-electron chi connectivity index (χ4n) is 0.258. The summed E-state index contributed by atoms with van der Waals surface area (Å²) in [6.07, 6.45) is 1.28. The summed E-state index contributed by atoms with van der Waals surface area (Å²) in [5.41, 5.74) is 0. The first kappa shape index (κ1) is 15.1. The van der Waals surface area contributed by atoms with Crippen LogP contribution in [0.2, 0.25) is 0 Å². The molecule has 7 heteroatoms. The van der Waals surface area contributed by atoms with E-state index in [0.717, 1.165) is 0 Å². The predicted octanol–water partition coefficient (Wildman–Crippen LogP) is -0.247. The van der Waals surface area contributed by atoms with Crippen LogP contribution in [0.3, 0.4) is 0 Å². The number of hydrogen-bond donors (Lipinski definition) is 0. The molecule has 0 atom stereocenters. The van der Waals surface area contributed by atoms with Gasteiger partial charge >= 0.3 is 40.0 Å². The van der Waals surface area contributed by atoms with Gasteiger partial charge in [-0.25, -0.2) is 9.07 Å². The zero-order valence-corrected chi connectivity index (χ0v) is 6.96. The van der Waals surface area contributed by atoms with Crippen molar-refractivity contribution in [3.63, 3.8) is 0 Å². The molecule has 0 saturated heterocycles. The third-order valence-corrected chi connectivity index (χ3v) is 1.27. The van der Waals surface area contributed by atoms with E-state index in [0.29, 0.717) is 0 Å². The summed E-state index contributed by atoms with van der Waals surface area (Å²) in [4.78, 5) is 4.15. The van der Waals surface area contributed by atoms with Crippen molar-refractivity contribution < 1.29 is 21.8 Å². The molecule has 0 fully saturated rings. The van der Waals surface area contributed by atoms with Crippen LogP contribution in [0.1, 0.15) is 6.92 Å². The van der Waals surface area contributed by atoms with Gasteiger partial charge in [0, 0.05) is 0 Å². The Kier molecular flexibility index (Phi) is 10.3. The first-order valence-electron chi connectivity index (χ1n) is 2.93. The van der Waals surface area contributed by atoms with Crippen molar-refractivity contribution >= 4 is 40.0 Å². The van der Waals surface area contributed by atoms with Crippen LogP contribution in [0.4, 0.5) is 0 Å². The monoisotopic (exact) mass is 206 g/mol. The van der Waals surface area contributed by atoms with Crippen LogP contribution in [0.5, 0.6) is 0 Å². The normalized spacial score (nSPS) is 10.4. The van der Waals surface area contributed by atoms with Gasteiger partial charge in [-0.05, 0) is 6.92 Å². The van der Waals surface area contributed by atoms with Gasteiger partial charge < -0.3 is 0 Å². The molecule has 0 aromatic carbocycles. The van der Waals surface area contributed by atoms with Gasteiger partial charge in [0.1, 0.15) is 0 Å². The van der Waals surface area contributed by atoms with Crippen LogP contribution in [0, 0.1) is 0 Å². The van der Waals surface area contributed by atoms with Crippen LogP contribution in [-0.2, 0) is 23.8 Å². The maximum absolute atomic E-state index is 10.5. The average molecular weight is 206 g/mol. The van der Waals surface area contributed by atoms with E-state index in [1.807, 2.05) is 0 Å². The van der Waals surface area contributed by atoms with Crippen molar-refractivity contribution in [3.8, 4) is 0 Å². The molecule has 0 aliphatic carbocycles. The Morgan fingerprint density at radius 3 is 2.50 bits per heavy atom. The molecule has 12 heavy (non-hydrogen) atoms. The minimum atomic E-state index is -4.00. The summed E-state index contributed by atoms with van der Waals surface area (Å²) in [5.74, 6) is 0. The van der Waals surface area contributed by atoms with Crippen molar-refractivity contribution in [2.24, 2.45) is 0 Å². The fourth-order valence-corrected chi connectivity index (χ4v) is 0.774. The molecule has 0 radical (unpaired) electrons. The third kappa shape index (κ3) is 8.66. The Morgan fingerprint density at radius 2 is 2.08 bits per heavy atom. The molecule has 0 aromatic heterocycles. The Bertz CT molecular complexity index is 200. The molecule has 0 unspecified atom stereocenters. The van der Waals surface area contributed by atoms with Crippen LogP contribution < -0.4 is 0 Å². The quantitative estimate of drug-likeness (QED) is 0.259. The second kappa shape index (κ2) is 8.18. The standard InChI is InChI=1S/C5H10O5S.Na.H/c1-3-5-9-11(6,7)10-8-4-2;;/h3H,1,4-5H2,2H3;;. The molecule has 0 spiro atoms. The van der Waals surface area contributed by atoms with Gasteiger partial charge in [0.15, 0.2) is 0 Å². The summed E-state index contributed by atoms with van der Waals surface area (Å²) < 4.78 is 29.1. The van der Waals surface area contributed by atoms with Crippen molar-refractivity contribution in [3.05, 3.63) is 12.7 Å². The first-order chi connectivity index (χ1) is 5.12. The van der Waals surface area contributed by atoms with Crippen molar-refractivity contribution in [1.29, 1.82) is 0 Å². The molecule has 0 aromatic rings. The van der Waals surface area contributed by atoms with Crippen molar-refractivity contribution in [2.75, 3.05) is 13.2 Å². The second-order valence-electron chi connectivity index (χ2n) is 1.46. The summed E-state index contributed by atoms with van der Waals surface area (Å²) >= 11 is 0. The van der Waals surface area contributed by atoms with Gasteiger partial charge in [-0.3, -0.25) is 0 Å². The molecule has 68 valence electrons. The van der Waals surface area contributed by atoms with Gasteiger partial charge in [-0.15, -0.1) is 6.58 Å². The van der Waals surface area contributed by atoms with Crippen LogP contribution in [0.25, 0.3) is 0 Å². The summed E-state index contributed by atoms with van der Waals surface area (Å²) in [7, 11) is -4.00. The molecule has 0 N–H and O–H groups in total. The van der Waals surface area contributed by atoms with E-state index in [-0.39, 0.29) is 42.8 Å².